The molecule has 25 heavy (non-hydrogen) atoms. The number of nitriles is 1. The van der Waals surface area contributed by atoms with Crippen molar-refractivity contribution in [3.8, 4) is 6.07 Å². The van der Waals surface area contributed by atoms with Gasteiger partial charge in [0.1, 0.15) is 13.2 Å². The Balaban J connectivity index is 2.06. The van der Waals surface area contributed by atoms with Crippen LogP contribution >= 0.6 is 11.6 Å². The summed E-state index contributed by atoms with van der Waals surface area (Å²) in [5.74, 6) is -0.699. The van der Waals surface area contributed by atoms with Crippen molar-refractivity contribution in [3.05, 3.63) is 64.7 Å². The number of benzene rings is 2. The minimum Gasteiger partial charge on any atom is -0.459 e. The molecule has 0 bridgehead atoms. The van der Waals surface area contributed by atoms with Crippen LogP contribution in [0.3, 0.4) is 0 Å². The van der Waals surface area contributed by atoms with Crippen LogP contribution < -0.4 is 4.31 Å². The topological polar surface area (TPSA) is 87.5 Å². The monoisotopic (exact) mass is 378 g/mol. The van der Waals surface area contributed by atoms with Gasteiger partial charge in [-0.25, -0.2) is 8.42 Å². The second-order valence-electron chi connectivity index (χ2n) is 5.22. The van der Waals surface area contributed by atoms with E-state index < -0.39 is 22.5 Å². The summed E-state index contributed by atoms with van der Waals surface area (Å²) in [5, 5.41) is 9.10. The summed E-state index contributed by atoms with van der Waals surface area (Å²) in [7, 11) is -3.68. The largest absolute Gasteiger partial charge is 0.459 e. The third kappa shape index (κ3) is 5.48. The number of sulfonamides is 1. The Morgan fingerprint density at radius 2 is 1.92 bits per heavy atom. The first-order chi connectivity index (χ1) is 11.8. The molecule has 8 heteroatoms. The van der Waals surface area contributed by atoms with Gasteiger partial charge in [-0.2, -0.15) is 5.26 Å². The zero-order chi connectivity index (χ0) is 18.4. The summed E-state index contributed by atoms with van der Waals surface area (Å²) >= 11 is 5.88. The van der Waals surface area contributed by atoms with Crippen molar-refractivity contribution in [1.29, 1.82) is 5.26 Å². The highest BCUT2D eigenvalue weighted by molar-refractivity contribution is 7.92. The minimum absolute atomic E-state index is 0.0162. The van der Waals surface area contributed by atoms with Crippen molar-refractivity contribution in [3.63, 3.8) is 0 Å². The van der Waals surface area contributed by atoms with Crippen LogP contribution in [0, 0.1) is 11.3 Å². The molecule has 0 aliphatic heterocycles. The number of esters is 1. The molecule has 2 rings (SSSR count). The van der Waals surface area contributed by atoms with Crippen molar-refractivity contribution in [2.75, 3.05) is 17.1 Å². The van der Waals surface area contributed by atoms with Crippen molar-refractivity contribution in [1.82, 2.24) is 0 Å². The number of halogens is 1. The Labute approximate surface area is 151 Å². The molecule has 0 aliphatic carbocycles. The summed E-state index contributed by atoms with van der Waals surface area (Å²) in [4.78, 5) is 12.0. The molecule has 6 nitrogen and oxygen atoms in total. The first kappa shape index (κ1) is 18.8. The Bertz CT molecular complexity index is 905. The molecule has 0 N–H and O–H groups in total. The SMILES string of the molecule is CS(=O)(=O)N(CC(=O)OCc1ccc(C#N)cc1)c1cccc(Cl)c1. The van der Waals surface area contributed by atoms with Gasteiger partial charge < -0.3 is 4.74 Å². The Hall–Kier alpha value is -2.56. The highest BCUT2D eigenvalue weighted by Gasteiger charge is 2.21. The molecule has 0 spiro atoms. The minimum atomic E-state index is -3.68. The maximum atomic E-state index is 12.0. The molecule has 0 radical (unpaired) electrons. The first-order valence-electron chi connectivity index (χ1n) is 7.17. The number of ether oxygens (including phenoxy) is 1. The molecule has 0 atom stereocenters. The van der Waals surface area contributed by atoms with Gasteiger partial charge in [0, 0.05) is 5.02 Å². The van der Waals surface area contributed by atoms with Gasteiger partial charge in [0.25, 0.3) is 0 Å². The quantitative estimate of drug-likeness (QED) is 0.721. The van der Waals surface area contributed by atoms with E-state index in [0.717, 1.165) is 10.6 Å². The number of nitrogens with zero attached hydrogens (tertiary/aromatic N) is 2. The predicted molar refractivity (Wildman–Crippen MR) is 94.6 cm³/mol. The molecule has 0 aromatic heterocycles. The number of rotatable bonds is 6. The molecule has 0 saturated carbocycles. The summed E-state index contributed by atoms with van der Waals surface area (Å²) in [6.07, 6.45) is 1.00. The Kier molecular flexibility index (Phi) is 6.02. The lowest BCUT2D eigenvalue weighted by Crippen LogP contribution is -2.35. The molecular formula is C17H15ClN2O4S. The van der Waals surface area contributed by atoms with E-state index in [2.05, 4.69) is 0 Å². The third-order valence-electron chi connectivity index (χ3n) is 3.25. The molecule has 0 fully saturated rings. The lowest BCUT2D eigenvalue weighted by molar-refractivity contribution is -0.143. The second-order valence-corrected chi connectivity index (χ2v) is 7.56. The summed E-state index contributed by atoms with van der Waals surface area (Å²) < 4.78 is 30.0. The van der Waals surface area contributed by atoms with Crippen LogP contribution in [0.1, 0.15) is 11.1 Å². The molecule has 2 aromatic carbocycles. The summed E-state index contributed by atoms with van der Waals surface area (Å²) in [6, 6.07) is 14.7. The molecule has 0 unspecified atom stereocenters. The number of carbonyl (C=O) groups excluding carboxylic acids is 1. The second kappa shape index (κ2) is 8.01. The van der Waals surface area contributed by atoms with Crippen LogP contribution in [0.5, 0.6) is 0 Å². The van der Waals surface area contributed by atoms with E-state index in [-0.39, 0.29) is 12.3 Å². The number of hydrogen-bond acceptors (Lipinski definition) is 5. The highest BCUT2D eigenvalue weighted by Crippen LogP contribution is 2.21. The zero-order valence-corrected chi connectivity index (χ0v) is 14.9. The van der Waals surface area contributed by atoms with Crippen molar-refractivity contribution in [2.45, 2.75) is 6.61 Å². The van der Waals surface area contributed by atoms with Gasteiger partial charge in [0.2, 0.25) is 10.0 Å². The fourth-order valence-corrected chi connectivity index (χ4v) is 3.05. The van der Waals surface area contributed by atoms with Gasteiger partial charge in [-0.1, -0.05) is 29.8 Å². The maximum absolute atomic E-state index is 12.0. The molecular weight excluding hydrogens is 364 g/mol. The van der Waals surface area contributed by atoms with Gasteiger partial charge in [-0.15, -0.1) is 0 Å². The van der Waals surface area contributed by atoms with Gasteiger partial charge in [0.05, 0.1) is 23.6 Å². The zero-order valence-electron chi connectivity index (χ0n) is 13.3. The third-order valence-corrected chi connectivity index (χ3v) is 4.63. The fraction of sp³-hybridized carbons (Fsp3) is 0.176. The molecule has 0 amide bonds. The normalized spacial score (nSPS) is 10.8. The van der Waals surface area contributed by atoms with Crippen LogP contribution in [0.25, 0.3) is 0 Å². The lowest BCUT2D eigenvalue weighted by atomic mass is 10.2. The average molecular weight is 379 g/mol. The van der Waals surface area contributed by atoms with Gasteiger partial charge >= 0.3 is 5.97 Å². The van der Waals surface area contributed by atoms with Crippen LogP contribution in [-0.2, 0) is 26.2 Å². The van der Waals surface area contributed by atoms with Crippen molar-refractivity contribution >= 4 is 33.3 Å². The van der Waals surface area contributed by atoms with E-state index in [1.54, 1.807) is 42.5 Å². The fourth-order valence-electron chi connectivity index (χ4n) is 2.03. The van der Waals surface area contributed by atoms with Crippen molar-refractivity contribution in [2.24, 2.45) is 0 Å². The number of anilines is 1. The summed E-state index contributed by atoms with van der Waals surface area (Å²) in [5.41, 5.74) is 1.48. The molecule has 2 aromatic rings. The average Bonchev–Trinajstić information content (AvgIpc) is 2.57. The van der Waals surface area contributed by atoms with Crippen LogP contribution in [0.15, 0.2) is 48.5 Å². The maximum Gasteiger partial charge on any atom is 0.327 e. The number of carbonyl (C=O) groups is 1. The highest BCUT2D eigenvalue weighted by atomic mass is 35.5. The van der Waals surface area contributed by atoms with E-state index >= 15 is 0 Å². The standard InChI is InChI=1S/C17H15ClN2O4S/c1-25(22,23)20(16-4-2-3-15(18)9-16)11-17(21)24-12-14-7-5-13(10-19)6-8-14/h2-9H,11-12H2,1H3. The predicted octanol–water partition coefficient (Wildman–Crippen LogP) is 2.72. The Morgan fingerprint density at radius 1 is 1.24 bits per heavy atom. The molecule has 0 saturated heterocycles. The smallest absolute Gasteiger partial charge is 0.327 e. The van der Waals surface area contributed by atoms with E-state index in [0.29, 0.717) is 16.1 Å². The van der Waals surface area contributed by atoms with E-state index in [1.807, 2.05) is 6.07 Å². The van der Waals surface area contributed by atoms with Crippen LogP contribution in [-0.4, -0.2) is 27.2 Å². The molecule has 0 heterocycles. The molecule has 0 aliphatic rings. The number of hydrogen-bond donors (Lipinski definition) is 0. The van der Waals surface area contributed by atoms with Gasteiger partial charge in [-0.05, 0) is 35.9 Å². The van der Waals surface area contributed by atoms with Gasteiger partial charge in [-0.3, -0.25) is 9.10 Å². The van der Waals surface area contributed by atoms with E-state index in [4.69, 9.17) is 21.6 Å². The Morgan fingerprint density at radius 3 is 2.48 bits per heavy atom. The first-order valence-corrected chi connectivity index (χ1v) is 9.40. The van der Waals surface area contributed by atoms with Crippen LogP contribution in [0.2, 0.25) is 5.02 Å². The van der Waals surface area contributed by atoms with E-state index in [1.165, 1.54) is 6.07 Å². The van der Waals surface area contributed by atoms with Crippen molar-refractivity contribution < 1.29 is 17.9 Å². The van der Waals surface area contributed by atoms with E-state index in [9.17, 15) is 13.2 Å². The lowest BCUT2D eigenvalue weighted by Gasteiger charge is -2.21. The summed E-state index contributed by atoms with van der Waals surface area (Å²) in [6.45, 7) is -0.479. The molecule has 130 valence electrons. The van der Waals surface area contributed by atoms with Crippen LogP contribution in [0.4, 0.5) is 5.69 Å². The van der Waals surface area contributed by atoms with Gasteiger partial charge in [0.15, 0.2) is 0 Å².